The maximum atomic E-state index is 12.0. The third-order valence-corrected chi connectivity index (χ3v) is 4.40. The molecule has 2 aromatic carbocycles. The molecule has 146 valence electrons. The highest BCUT2D eigenvalue weighted by molar-refractivity contribution is 6.01. The Morgan fingerprint density at radius 3 is 2.61 bits per heavy atom. The zero-order valence-corrected chi connectivity index (χ0v) is 15.5. The van der Waals surface area contributed by atoms with Gasteiger partial charge in [0.2, 0.25) is 0 Å². The standard InChI is InChI=1S/C21H21NO6/c1-26-21(25)17-7-2-3-8-18(17)22-19(23)12-28-20(24)13-27-16-10-9-14-5-4-6-15(14)11-16/h2-3,7-11H,4-6,12-13H2,1H3,(H,22,23). The molecule has 0 heterocycles. The second kappa shape index (κ2) is 9.03. The van der Waals surface area contributed by atoms with E-state index in [4.69, 9.17) is 9.47 Å². The van der Waals surface area contributed by atoms with E-state index in [9.17, 15) is 14.4 Å². The largest absolute Gasteiger partial charge is 0.482 e. The summed E-state index contributed by atoms with van der Waals surface area (Å²) < 4.78 is 15.0. The number of esters is 2. The Balaban J connectivity index is 1.46. The van der Waals surface area contributed by atoms with Crippen molar-refractivity contribution in [2.75, 3.05) is 25.6 Å². The van der Waals surface area contributed by atoms with E-state index in [1.165, 1.54) is 24.3 Å². The van der Waals surface area contributed by atoms with Gasteiger partial charge in [0.05, 0.1) is 18.4 Å². The summed E-state index contributed by atoms with van der Waals surface area (Å²) in [5.41, 5.74) is 3.06. The Morgan fingerprint density at radius 1 is 1.00 bits per heavy atom. The SMILES string of the molecule is COC(=O)c1ccccc1NC(=O)COC(=O)COc1ccc2c(c1)CCC2. The zero-order valence-electron chi connectivity index (χ0n) is 15.5. The van der Waals surface area contributed by atoms with Crippen molar-refractivity contribution in [3.8, 4) is 5.75 Å². The second-order valence-corrected chi connectivity index (χ2v) is 6.32. The molecule has 1 aliphatic carbocycles. The Hall–Kier alpha value is -3.35. The number of hydrogen-bond acceptors (Lipinski definition) is 6. The van der Waals surface area contributed by atoms with Gasteiger partial charge in [-0.2, -0.15) is 0 Å². The Labute approximate surface area is 162 Å². The van der Waals surface area contributed by atoms with Crippen LogP contribution in [0, 0.1) is 0 Å². The molecule has 7 nitrogen and oxygen atoms in total. The van der Waals surface area contributed by atoms with Crippen molar-refractivity contribution < 1.29 is 28.6 Å². The second-order valence-electron chi connectivity index (χ2n) is 6.32. The van der Waals surface area contributed by atoms with E-state index in [1.54, 1.807) is 18.2 Å². The first kappa shape index (κ1) is 19.4. The van der Waals surface area contributed by atoms with Gasteiger partial charge in [-0.05, 0) is 54.7 Å². The van der Waals surface area contributed by atoms with Crippen molar-refractivity contribution >= 4 is 23.5 Å². The van der Waals surface area contributed by atoms with Gasteiger partial charge in [0, 0.05) is 0 Å². The fourth-order valence-electron chi connectivity index (χ4n) is 3.03. The van der Waals surface area contributed by atoms with Gasteiger partial charge in [-0.3, -0.25) is 4.79 Å². The molecule has 0 spiro atoms. The number of rotatable bonds is 7. The first-order chi connectivity index (χ1) is 13.6. The van der Waals surface area contributed by atoms with Crippen LogP contribution in [0.3, 0.4) is 0 Å². The van der Waals surface area contributed by atoms with Crippen molar-refractivity contribution in [1.82, 2.24) is 0 Å². The molecule has 2 aromatic rings. The predicted octanol–water partition coefficient (Wildman–Crippen LogP) is 2.52. The summed E-state index contributed by atoms with van der Waals surface area (Å²) in [6.07, 6.45) is 3.23. The zero-order chi connectivity index (χ0) is 19.9. The van der Waals surface area contributed by atoms with Gasteiger partial charge in [-0.25, -0.2) is 9.59 Å². The number of hydrogen-bond donors (Lipinski definition) is 1. The molecule has 0 saturated carbocycles. The van der Waals surface area contributed by atoms with Gasteiger partial charge < -0.3 is 19.5 Å². The van der Waals surface area contributed by atoms with Crippen molar-refractivity contribution in [3.63, 3.8) is 0 Å². The Kier molecular flexibility index (Phi) is 6.26. The average molecular weight is 383 g/mol. The summed E-state index contributed by atoms with van der Waals surface area (Å²) in [5, 5.41) is 2.53. The third-order valence-electron chi connectivity index (χ3n) is 4.40. The van der Waals surface area contributed by atoms with Crippen LogP contribution in [-0.2, 0) is 31.9 Å². The molecule has 0 saturated heterocycles. The summed E-state index contributed by atoms with van der Waals surface area (Å²) in [7, 11) is 1.25. The van der Waals surface area contributed by atoms with E-state index in [0.717, 1.165) is 19.3 Å². The van der Waals surface area contributed by atoms with Gasteiger partial charge in [-0.1, -0.05) is 18.2 Å². The van der Waals surface area contributed by atoms with Crippen LogP contribution in [0.1, 0.15) is 27.9 Å². The predicted molar refractivity (Wildman–Crippen MR) is 101 cm³/mol. The monoisotopic (exact) mass is 383 g/mol. The number of carbonyl (C=O) groups is 3. The van der Waals surface area contributed by atoms with Crippen molar-refractivity contribution in [1.29, 1.82) is 0 Å². The molecule has 0 fully saturated rings. The highest BCUT2D eigenvalue weighted by Gasteiger charge is 2.15. The van der Waals surface area contributed by atoms with E-state index < -0.39 is 24.5 Å². The van der Waals surface area contributed by atoms with Crippen LogP contribution in [0.2, 0.25) is 0 Å². The molecular weight excluding hydrogens is 362 g/mol. The van der Waals surface area contributed by atoms with Crippen molar-refractivity contribution in [3.05, 3.63) is 59.2 Å². The molecule has 0 aromatic heterocycles. The molecule has 1 amide bonds. The minimum absolute atomic E-state index is 0.213. The highest BCUT2D eigenvalue weighted by Crippen LogP contribution is 2.26. The van der Waals surface area contributed by atoms with E-state index in [0.29, 0.717) is 5.75 Å². The molecular formula is C21H21NO6. The summed E-state index contributed by atoms with van der Waals surface area (Å²) in [5.74, 6) is -1.19. The smallest absolute Gasteiger partial charge is 0.344 e. The number of benzene rings is 2. The van der Waals surface area contributed by atoms with Crippen LogP contribution in [0.5, 0.6) is 5.75 Å². The van der Waals surface area contributed by atoms with Crippen LogP contribution in [-0.4, -0.2) is 38.2 Å². The number of anilines is 1. The normalized spacial score (nSPS) is 12.0. The summed E-state index contributed by atoms with van der Waals surface area (Å²) in [6, 6.07) is 12.2. The number of aryl methyl sites for hydroxylation is 2. The maximum absolute atomic E-state index is 12.0. The van der Waals surface area contributed by atoms with Gasteiger partial charge in [0.15, 0.2) is 13.2 Å². The lowest BCUT2D eigenvalue weighted by molar-refractivity contribution is -0.149. The van der Waals surface area contributed by atoms with E-state index >= 15 is 0 Å². The lowest BCUT2D eigenvalue weighted by atomic mass is 10.1. The highest BCUT2D eigenvalue weighted by atomic mass is 16.6. The molecule has 28 heavy (non-hydrogen) atoms. The lowest BCUT2D eigenvalue weighted by Crippen LogP contribution is -2.24. The van der Waals surface area contributed by atoms with Crippen LogP contribution in [0.4, 0.5) is 5.69 Å². The summed E-state index contributed by atoms with van der Waals surface area (Å²) in [4.78, 5) is 35.5. The van der Waals surface area contributed by atoms with Crippen molar-refractivity contribution in [2.45, 2.75) is 19.3 Å². The van der Waals surface area contributed by atoms with Crippen LogP contribution >= 0.6 is 0 Å². The van der Waals surface area contributed by atoms with Crippen LogP contribution in [0.25, 0.3) is 0 Å². The molecule has 0 bridgehead atoms. The van der Waals surface area contributed by atoms with Gasteiger partial charge >= 0.3 is 11.9 Å². The fourth-order valence-corrected chi connectivity index (χ4v) is 3.03. The Morgan fingerprint density at radius 2 is 1.79 bits per heavy atom. The number of carbonyl (C=O) groups excluding carboxylic acids is 3. The van der Waals surface area contributed by atoms with Gasteiger partial charge in [-0.15, -0.1) is 0 Å². The van der Waals surface area contributed by atoms with E-state index in [-0.39, 0.29) is 17.9 Å². The number of fused-ring (bicyclic) bond motifs is 1. The van der Waals surface area contributed by atoms with Crippen LogP contribution in [0.15, 0.2) is 42.5 Å². The average Bonchev–Trinajstić information content (AvgIpc) is 3.18. The molecule has 1 aliphatic rings. The minimum Gasteiger partial charge on any atom is -0.482 e. The third kappa shape index (κ3) is 4.88. The topological polar surface area (TPSA) is 90.9 Å². The molecule has 1 N–H and O–H groups in total. The van der Waals surface area contributed by atoms with Crippen LogP contribution < -0.4 is 10.1 Å². The molecule has 0 aliphatic heterocycles. The number of methoxy groups -OCH3 is 1. The summed E-state index contributed by atoms with van der Waals surface area (Å²) >= 11 is 0. The number of para-hydroxylation sites is 1. The molecule has 3 rings (SSSR count). The van der Waals surface area contributed by atoms with Crippen molar-refractivity contribution in [2.24, 2.45) is 0 Å². The van der Waals surface area contributed by atoms with Gasteiger partial charge in [0.25, 0.3) is 5.91 Å². The molecule has 0 unspecified atom stereocenters. The number of ether oxygens (including phenoxy) is 3. The van der Waals surface area contributed by atoms with E-state index in [2.05, 4.69) is 10.1 Å². The number of amides is 1. The maximum Gasteiger partial charge on any atom is 0.344 e. The van der Waals surface area contributed by atoms with Gasteiger partial charge in [0.1, 0.15) is 5.75 Å². The summed E-state index contributed by atoms with van der Waals surface area (Å²) in [6.45, 7) is -0.771. The number of nitrogens with one attached hydrogen (secondary N) is 1. The molecule has 0 radical (unpaired) electrons. The minimum atomic E-state index is -0.656. The fraction of sp³-hybridized carbons (Fsp3) is 0.286. The van der Waals surface area contributed by atoms with E-state index in [1.807, 2.05) is 18.2 Å². The Bertz CT molecular complexity index is 892. The first-order valence-electron chi connectivity index (χ1n) is 8.94. The molecule has 7 heteroatoms. The lowest BCUT2D eigenvalue weighted by Gasteiger charge is -2.10. The first-order valence-corrected chi connectivity index (χ1v) is 8.94. The quantitative estimate of drug-likeness (QED) is 0.739. The molecule has 0 atom stereocenters.